The van der Waals surface area contributed by atoms with Crippen LogP contribution < -0.4 is 0 Å². The van der Waals surface area contributed by atoms with E-state index in [0.717, 1.165) is 54.8 Å². The molecule has 2 rings (SSSR count). The van der Waals surface area contributed by atoms with Gasteiger partial charge < -0.3 is 5.11 Å². The first-order valence-electron chi connectivity index (χ1n) is 7.26. The van der Waals surface area contributed by atoms with E-state index >= 15 is 0 Å². The minimum Gasteiger partial charge on any atom is -0.481 e. The Morgan fingerprint density at radius 2 is 2.25 bits per heavy atom. The highest BCUT2D eigenvalue weighted by Crippen LogP contribution is 2.26. The summed E-state index contributed by atoms with van der Waals surface area (Å²) in [6, 6.07) is 0. The molecule has 0 aromatic carbocycles. The Morgan fingerprint density at radius 3 is 2.85 bits per heavy atom. The number of piperidine rings is 1. The molecule has 1 unspecified atom stereocenters. The second-order valence-electron chi connectivity index (χ2n) is 5.29. The molecule has 0 aliphatic carbocycles. The maximum Gasteiger partial charge on any atom is 0.307 e. The highest BCUT2D eigenvalue weighted by atomic mass is 79.9. The van der Waals surface area contributed by atoms with Crippen molar-refractivity contribution in [1.29, 1.82) is 0 Å². The molecule has 5 nitrogen and oxygen atoms in total. The average Bonchev–Trinajstić information content (AvgIpc) is 2.75. The van der Waals surface area contributed by atoms with E-state index in [-0.39, 0.29) is 5.92 Å². The monoisotopic (exact) mass is 343 g/mol. The molecule has 112 valence electrons. The van der Waals surface area contributed by atoms with Crippen molar-refractivity contribution in [3.63, 3.8) is 0 Å². The van der Waals surface area contributed by atoms with Gasteiger partial charge in [-0.25, -0.2) is 0 Å². The second kappa shape index (κ2) is 6.72. The Bertz CT molecular complexity index is 487. The van der Waals surface area contributed by atoms with Crippen LogP contribution in [0.4, 0.5) is 0 Å². The Hall–Kier alpha value is -0.880. The zero-order valence-corrected chi connectivity index (χ0v) is 13.7. The number of carboxylic acid groups (broad SMARTS) is 1. The molecule has 0 radical (unpaired) electrons. The van der Waals surface area contributed by atoms with Crippen molar-refractivity contribution in [2.75, 3.05) is 13.1 Å². The van der Waals surface area contributed by atoms with Gasteiger partial charge in [0.1, 0.15) is 0 Å². The summed E-state index contributed by atoms with van der Waals surface area (Å²) < 4.78 is 3.10. The van der Waals surface area contributed by atoms with Crippen molar-refractivity contribution >= 4 is 21.9 Å². The quantitative estimate of drug-likeness (QED) is 0.892. The number of nitrogens with zero attached hydrogens (tertiary/aromatic N) is 3. The van der Waals surface area contributed by atoms with Gasteiger partial charge in [0, 0.05) is 19.6 Å². The van der Waals surface area contributed by atoms with E-state index in [2.05, 4.69) is 39.8 Å². The number of carboxylic acids is 1. The molecule has 0 bridgehead atoms. The summed E-state index contributed by atoms with van der Waals surface area (Å²) >= 11 is 3.65. The third-order valence-electron chi connectivity index (χ3n) is 3.92. The van der Waals surface area contributed by atoms with Crippen molar-refractivity contribution in [3.8, 4) is 0 Å². The van der Waals surface area contributed by atoms with Crippen LogP contribution in [-0.2, 0) is 24.3 Å². The molecule has 20 heavy (non-hydrogen) atoms. The fourth-order valence-corrected chi connectivity index (χ4v) is 3.47. The number of aliphatic carboxylic acids is 1. The van der Waals surface area contributed by atoms with Gasteiger partial charge in [-0.05, 0) is 48.7 Å². The molecule has 0 saturated carbocycles. The van der Waals surface area contributed by atoms with Crippen LogP contribution >= 0.6 is 15.9 Å². The van der Waals surface area contributed by atoms with Gasteiger partial charge in [0.05, 0.1) is 21.8 Å². The van der Waals surface area contributed by atoms with Gasteiger partial charge in [0.15, 0.2) is 0 Å². The lowest BCUT2D eigenvalue weighted by Gasteiger charge is -2.30. The van der Waals surface area contributed by atoms with E-state index in [1.165, 1.54) is 0 Å². The summed E-state index contributed by atoms with van der Waals surface area (Å²) in [5.74, 6) is -0.904. The molecular formula is C14H22BrN3O2. The van der Waals surface area contributed by atoms with Crippen molar-refractivity contribution < 1.29 is 9.90 Å². The van der Waals surface area contributed by atoms with Gasteiger partial charge in [0.2, 0.25) is 0 Å². The fraction of sp³-hybridized carbons (Fsp3) is 0.714. The van der Waals surface area contributed by atoms with Crippen LogP contribution in [-0.4, -0.2) is 38.8 Å². The summed E-state index contributed by atoms with van der Waals surface area (Å²) in [6.45, 7) is 7.39. The normalized spacial score (nSPS) is 20.2. The predicted octanol–water partition coefficient (Wildman–Crippen LogP) is 2.52. The molecule has 0 spiro atoms. The summed E-state index contributed by atoms with van der Waals surface area (Å²) in [6.07, 6.45) is 2.65. The number of aryl methyl sites for hydroxylation is 2. The van der Waals surface area contributed by atoms with E-state index in [1.807, 2.05) is 4.68 Å². The largest absolute Gasteiger partial charge is 0.481 e. The Kier molecular flexibility index (Phi) is 5.21. The Labute approximate surface area is 128 Å². The number of likely N-dealkylation sites (tertiary alicyclic amines) is 1. The molecule has 1 aliphatic heterocycles. The van der Waals surface area contributed by atoms with E-state index in [1.54, 1.807) is 0 Å². The van der Waals surface area contributed by atoms with E-state index < -0.39 is 5.97 Å². The molecule has 1 saturated heterocycles. The maximum absolute atomic E-state index is 11.1. The van der Waals surface area contributed by atoms with Gasteiger partial charge in [0.25, 0.3) is 0 Å². The van der Waals surface area contributed by atoms with Gasteiger partial charge >= 0.3 is 5.97 Å². The molecule has 1 aromatic rings. The van der Waals surface area contributed by atoms with E-state index in [0.29, 0.717) is 6.54 Å². The molecule has 1 fully saturated rings. The molecule has 1 aromatic heterocycles. The number of halogens is 1. The van der Waals surface area contributed by atoms with E-state index in [4.69, 9.17) is 5.11 Å². The Morgan fingerprint density at radius 1 is 1.50 bits per heavy atom. The van der Waals surface area contributed by atoms with Gasteiger partial charge in [-0.2, -0.15) is 5.10 Å². The number of hydrogen-bond acceptors (Lipinski definition) is 3. The molecule has 6 heteroatoms. The first kappa shape index (κ1) is 15.5. The van der Waals surface area contributed by atoms with Crippen LogP contribution in [0.5, 0.6) is 0 Å². The van der Waals surface area contributed by atoms with Crippen molar-refractivity contribution in [3.05, 3.63) is 15.9 Å². The Balaban J connectivity index is 2.13. The summed E-state index contributed by atoms with van der Waals surface area (Å²) in [7, 11) is 0. The highest BCUT2D eigenvalue weighted by Gasteiger charge is 2.26. The van der Waals surface area contributed by atoms with Gasteiger partial charge in [-0.15, -0.1) is 0 Å². The average molecular weight is 344 g/mol. The van der Waals surface area contributed by atoms with Gasteiger partial charge in [-0.3, -0.25) is 14.4 Å². The predicted molar refractivity (Wildman–Crippen MR) is 80.6 cm³/mol. The minimum absolute atomic E-state index is 0.230. The first-order chi connectivity index (χ1) is 9.56. The number of aromatic nitrogens is 2. The van der Waals surface area contributed by atoms with Crippen LogP contribution in [0.2, 0.25) is 0 Å². The number of rotatable bonds is 5. The van der Waals surface area contributed by atoms with Crippen molar-refractivity contribution in [2.24, 2.45) is 5.92 Å². The summed E-state index contributed by atoms with van der Waals surface area (Å²) in [5, 5.41) is 13.8. The standard InChI is InChI=1S/C14H22BrN3O2/c1-3-11-13(15)12(18(4-2)16-11)9-17-7-5-6-10(8-17)14(19)20/h10H,3-9H2,1-2H3,(H,19,20). The molecule has 0 amide bonds. The fourth-order valence-electron chi connectivity index (χ4n) is 2.78. The van der Waals surface area contributed by atoms with Crippen LogP contribution in [0.1, 0.15) is 38.1 Å². The van der Waals surface area contributed by atoms with Crippen LogP contribution in [0.15, 0.2) is 4.47 Å². The molecular weight excluding hydrogens is 322 g/mol. The maximum atomic E-state index is 11.1. The topological polar surface area (TPSA) is 58.4 Å². The van der Waals surface area contributed by atoms with Gasteiger partial charge in [-0.1, -0.05) is 6.92 Å². The van der Waals surface area contributed by atoms with E-state index in [9.17, 15) is 4.79 Å². The summed E-state index contributed by atoms with van der Waals surface area (Å²) in [4.78, 5) is 13.4. The lowest BCUT2D eigenvalue weighted by atomic mass is 9.98. The highest BCUT2D eigenvalue weighted by molar-refractivity contribution is 9.10. The smallest absolute Gasteiger partial charge is 0.307 e. The third kappa shape index (κ3) is 3.23. The summed E-state index contributed by atoms with van der Waals surface area (Å²) in [5.41, 5.74) is 2.24. The lowest BCUT2D eigenvalue weighted by molar-refractivity contribution is -0.143. The van der Waals surface area contributed by atoms with Crippen molar-refractivity contribution in [1.82, 2.24) is 14.7 Å². The van der Waals surface area contributed by atoms with Crippen LogP contribution in [0, 0.1) is 5.92 Å². The second-order valence-corrected chi connectivity index (χ2v) is 6.08. The molecule has 2 heterocycles. The lowest BCUT2D eigenvalue weighted by Crippen LogP contribution is -2.38. The molecule has 1 aliphatic rings. The SMILES string of the molecule is CCc1nn(CC)c(CN2CCCC(C(=O)O)C2)c1Br. The van der Waals surface area contributed by atoms with Crippen molar-refractivity contribution in [2.45, 2.75) is 46.2 Å². The first-order valence-corrected chi connectivity index (χ1v) is 8.05. The third-order valence-corrected chi connectivity index (χ3v) is 4.84. The molecule has 1 atom stereocenters. The van der Waals surface area contributed by atoms with Crippen LogP contribution in [0.3, 0.4) is 0 Å². The number of hydrogen-bond donors (Lipinski definition) is 1. The minimum atomic E-state index is -0.674. The zero-order valence-electron chi connectivity index (χ0n) is 12.1. The number of carbonyl (C=O) groups is 1. The van der Waals surface area contributed by atoms with Crippen LogP contribution in [0.25, 0.3) is 0 Å². The molecule has 1 N–H and O–H groups in total. The zero-order chi connectivity index (χ0) is 14.7.